The van der Waals surface area contributed by atoms with Gasteiger partial charge in [0.25, 0.3) is 5.56 Å². The second-order valence-corrected chi connectivity index (χ2v) is 47.9. The number of nitrogens with one attached hydrogen (secondary N) is 1. The number of ether oxygens (including phenoxy) is 10. The lowest BCUT2D eigenvalue weighted by Crippen LogP contribution is -2.41. The third-order valence-corrected chi connectivity index (χ3v) is 31.6. The van der Waals surface area contributed by atoms with E-state index in [4.69, 9.17) is 189 Å². The maximum absolute atomic E-state index is 14.9. The second-order valence-electron chi connectivity index (χ2n) is 31.0. The molecule has 8 aromatic rings. The molecule has 6 saturated heterocycles. The predicted octanol–water partition coefficient (Wildman–Crippen LogP) is 1.71. The molecule has 0 spiro atoms. The minimum Gasteiger partial charge on any atom is -0.383 e. The van der Waals surface area contributed by atoms with Gasteiger partial charge < -0.3 is 137 Å². The Labute approximate surface area is 789 Å². The number of methoxy groups -OCH3 is 2. The highest BCUT2D eigenvalue weighted by atomic mass is 32.7. The number of aryl methyl sites for hydroxylation is 4. The molecule has 8 aromatic heterocycles. The van der Waals surface area contributed by atoms with Gasteiger partial charge in [0, 0.05) is 94.1 Å². The summed E-state index contributed by atoms with van der Waals surface area (Å²) in [7, 11) is 3.87. The molecule has 6 aliphatic heterocycles. The van der Waals surface area contributed by atoms with Gasteiger partial charge in [-0.3, -0.25) is 55.3 Å². The number of hydrogen-bond donors (Lipinski definition) is 12. The van der Waals surface area contributed by atoms with E-state index in [9.17, 15) is 53.0 Å². The first kappa shape index (κ1) is 104. The van der Waals surface area contributed by atoms with Crippen molar-refractivity contribution >= 4 is 163 Å². The maximum Gasteiger partial charge on any atom is 0.386 e. The molecule has 0 aromatic carbocycles. The zero-order chi connectivity index (χ0) is 96.6. The minimum atomic E-state index is -4.80. The van der Waals surface area contributed by atoms with Gasteiger partial charge in [-0.15, -0.1) is 0 Å². The summed E-state index contributed by atoms with van der Waals surface area (Å²) in [6.45, 7) is -23.8. The van der Waals surface area contributed by atoms with Gasteiger partial charge in [0.2, 0.25) is 0 Å². The fraction of sp³-hybridized carbons (Fsp3) is 0.618. The van der Waals surface area contributed by atoms with Gasteiger partial charge >= 0.3 is 63.1 Å². The summed E-state index contributed by atoms with van der Waals surface area (Å²) < 4.78 is 156. The van der Waals surface area contributed by atoms with Crippen LogP contribution in [0.15, 0.2) is 74.1 Å². The first-order valence-electron chi connectivity index (χ1n) is 40.6. The number of thiol groups is 1. The number of rotatable bonds is 43. The zero-order valence-corrected chi connectivity index (χ0v) is 82.3. The first-order valence-corrected chi connectivity index (χ1v) is 56.2. The summed E-state index contributed by atoms with van der Waals surface area (Å²) in [6.07, 6.45) is -16.5. The lowest BCUT2D eigenvalue weighted by atomic mass is 10.1. The molecule has 0 amide bonds. The first-order chi connectivity index (χ1) is 63.3. The smallest absolute Gasteiger partial charge is 0.383 e. The van der Waals surface area contributed by atoms with E-state index in [1.165, 1.54) is 75.8 Å². The van der Waals surface area contributed by atoms with Gasteiger partial charge in [-0.05, 0) is 93.2 Å². The SMILES string of the molecule is CC[C@H]1O[C@@H](n2cnc3c(N)ncnc32)C[C@H]1OP(O)(=S)OC[C@H]1O[C@@H](n2cc(C)c(=O)[nH]c2=O)C[C@H]1OP(=O)(S)OC[C@H]1O[C@@H](n2cc(C)c(N)nc2=O)C[C@H]1OP(O)(=S)OC[C@H]1O[C@@H](n2cnc3c(N)ncnc32)C[C@H]1OP(O)(=S)OC[C@H]1O[C@@H](n2cc(C)c(N)nc2=O)C(OCCOC)[C@H]1OP(O)(=S)OC[C@H]1O[C@@H](n2cc(C)c(N)nc2=O)C(OCCOC)[C@H]1OP(O)(=S)OC. The molecule has 0 radical (unpaired) electrons. The molecule has 0 aliphatic carbocycles. The van der Waals surface area contributed by atoms with Crippen molar-refractivity contribution in [2.75, 3.05) is 109 Å². The number of aromatic amines is 1. The topological polar surface area (TPSA) is 698 Å². The number of anilines is 5. The summed E-state index contributed by atoms with van der Waals surface area (Å²) in [5.41, 5.74) is 28.2. The van der Waals surface area contributed by atoms with Gasteiger partial charge in [-0.1, -0.05) is 19.2 Å². The molecule has 16 N–H and O–H groups in total. The highest BCUT2D eigenvalue weighted by Crippen LogP contribution is 2.60. The Hall–Kier alpha value is -5.83. The molecule has 0 saturated carbocycles. The average molecular weight is 2110 g/mol. The van der Waals surface area contributed by atoms with Crippen molar-refractivity contribution in [3.8, 4) is 0 Å². The molecule has 14 rings (SSSR count). The van der Waals surface area contributed by atoms with Crippen molar-refractivity contribution in [3.05, 3.63) is 125 Å². The van der Waals surface area contributed by atoms with Crippen molar-refractivity contribution in [2.45, 2.75) is 190 Å². The third kappa shape index (κ3) is 24.7. The summed E-state index contributed by atoms with van der Waals surface area (Å²) >= 11 is 32.4. The van der Waals surface area contributed by atoms with Crippen LogP contribution < -0.4 is 57.0 Å². The number of imidazole rings is 2. The van der Waals surface area contributed by atoms with Gasteiger partial charge in [-0.2, -0.15) is 15.0 Å². The Bertz CT molecular complexity index is 6240. The highest BCUT2D eigenvalue weighted by Gasteiger charge is 2.55. The summed E-state index contributed by atoms with van der Waals surface area (Å²) in [4.78, 5) is 166. The fourth-order valence-electron chi connectivity index (χ4n) is 15.3. The van der Waals surface area contributed by atoms with Gasteiger partial charge in [0.05, 0.1) is 96.5 Å². The Kier molecular flexibility index (Phi) is 33.6. The Morgan fingerprint density at radius 2 is 0.776 bits per heavy atom. The van der Waals surface area contributed by atoms with Crippen LogP contribution in [0.2, 0.25) is 0 Å². The van der Waals surface area contributed by atoms with Crippen molar-refractivity contribution in [1.82, 2.24) is 77.2 Å². The lowest BCUT2D eigenvalue weighted by molar-refractivity contribution is -0.0832. The zero-order valence-electron chi connectivity index (χ0n) is 72.0. The van der Waals surface area contributed by atoms with Crippen molar-refractivity contribution in [1.29, 1.82) is 0 Å². The Morgan fingerprint density at radius 1 is 0.425 bits per heavy atom. The van der Waals surface area contributed by atoms with Gasteiger partial charge in [0.15, 0.2) is 35.4 Å². The van der Waals surface area contributed by atoms with Crippen LogP contribution >= 0.6 is 52.6 Å². The van der Waals surface area contributed by atoms with Gasteiger partial charge in [-0.25, -0.2) is 53.6 Å². The van der Waals surface area contributed by atoms with E-state index in [0.717, 1.165) is 25.4 Å². The molecule has 66 heteroatoms. The van der Waals surface area contributed by atoms with Crippen LogP contribution in [0, 0.1) is 27.7 Å². The normalized spacial score (nSPS) is 29.4. The van der Waals surface area contributed by atoms with E-state index in [1.54, 1.807) is 25.3 Å². The average Bonchev–Trinajstić information content (AvgIpc) is 1.55. The number of nitrogens with zero attached hydrogens (tertiary/aromatic N) is 15. The number of nitrogens with two attached hydrogens (primary N) is 5. The van der Waals surface area contributed by atoms with Crippen LogP contribution in [-0.2, 0) is 165 Å². The van der Waals surface area contributed by atoms with E-state index < -0.39 is 225 Å². The number of hydrogen-bond acceptors (Lipinski definition) is 47. The minimum absolute atomic E-state index is 0.0109. The van der Waals surface area contributed by atoms with Crippen molar-refractivity contribution in [3.63, 3.8) is 0 Å². The summed E-state index contributed by atoms with van der Waals surface area (Å²) in [5.74, 6) is -0.205. The number of fused-ring (bicyclic) bond motifs is 2. The van der Waals surface area contributed by atoms with E-state index >= 15 is 0 Å². The van der Waals surface area contributed by atoms with Crippen LogP contribution in [0.1, 0.15) is 98.6 Å². The molecule has 134 heavy (non-hydrogen) atoms. The summed E-state index contributed by atoms with van der Waals surface area (Å²) in [6, 6.07) is 0. The molecule has 14 heterocycles. The Morgan fingerprint density at radius 3 is 1.19 bits per heavy atom. The molecule has 738 valence electrons. The quantitative estimate of drug-likeness (QED) is 0.0147. The monoisotopic (exact) mass is 2110 g/mol. The van der Waals surface area contributed by atoms with Crippen molar-refractivity contribution < 1.29 is 131 Å². The molecule has 6 aliphatic rings. The van der Waals surface area contributed by atoms with E-state index in [0.29, 0.717) is 28.7 Å². The molecule has 6 fully saturated rings. The molecular weight excluding hydrogens is 2020 g/mol. The van der Waals surface area contributed by atoms with E-state index in [1.807, 2.05) is 6.92 Å². The van der Waals surface area contributed by atoms with E-state index in [-0.39, 0.29) is 103 Å². The number of nitrogen functional groups attached to an aromatic ring is 5. The molecular formula is C68H97N21O33P6S6. The van der Waals surface area contributed by atoms with E-state index in [2.05, 4.69) is 62.1 Å². The van der Waals surface area contributed by atoms with Crippen molar-refractivity contribution in [2.24, 2.45) is 0 Å². The lowest BCUT2D eigenvalue weighted by Gasteiger charge is -2.30. The molecule has 8 unspecified atom stereocenters. The largest absolute Gasteiger partial charge is 0.386 e. The Balaban J connectivity index is 0.694. The number of H-pyrrole nitrogens is 1. The van der Waals surface area contributed by atoms with Crippen LogP contribution in [0.25, 0.3) is 22.3 Å². The molecule has 26 atom stereocenters. The standard InChI is InChI=1S/C68H97N21O33P6S6/c1-9-35-36(14-47(111-35)88-29-78-49-58(72)74-27-76-60(49)88)117-124(96,130)106-22-41-38(16-46(113-41)85-21-34(5)62(90)83-68(85)94)119-125(97,131)107-23-40-37(15-45(112-40)84-18-31(2)55(69)80-65(84)91)118-126(98,132)108-24-42-39(17-48(114-42)89-30-79-50-59(73)75-28-77-61(50)89)120-127(99,133)109-25-44-52(54(105-13-11-102-7)64(116-44)87-20-33(4)57(71)82-67(87)93)122-128(100,134)110-26-43-51(121-123(95,129)103-8)53(104-12-10-101-6)63(115-43)86-19-32(3)56(70)81-66(86)92/h18-21,27-30,35-48,51-54,63-64H,9-17,22-26H2,1-8H3,(H,95,129)(H,96,130)(H,97,131)(H,98,132)(H,99,133)(H,100,134)(H2,69,80,91)(H2,70,81,92)(H2,71,82,93)(H2,72,74,76)(H2,73,75,77)(H,83,90,94)/t35-,36-,37-,38-,39-,40-,41-,42-,43-,44-,45-,46-,47-,48-,51+,52+,53?,54?,63-,64-,123?,124?,125?,126?,127?,128?/m1/s1. The second kappa shape index (κ2) is 43.3. The highest BCUT2D eigenvalue weighted by molar-refractivity contribution is 8.44. The summed E-state index contributed by atoms with van der Waals surface area (Å²) in [5, 5.41) is 0. The fourth-order valence-corrected chi connectivity index (χ4v) is 23.6. The molecule has 54 nitrogen and oxygen atoms in total. The van der Waals surface area contributed by atoms with Crippen LogP contribution in [0.3, 0.4) is 0 Å². The third-order valence-electron chi connectivity index (χ3n) is 21.9. The number of aromatic nitrogens is 16. The predicted molar refractivity (Wildman–Crippen MR) is 489 cm³/mol. The van der Waals surface area contributed by atoms with Crippen LogP contribution in [-0.4, -0.2) is 268 Å². The van der Waals surface area contributed by atoms with Crippen LogP contribution in [0.4, 0.5) is 29.1 Å². The maximum atomic E-state index is 14.9. The van der Waals surface area contributed by atoms with Gasteiger partial charge in [0.1, 0.15) is 127 Å². The molecule has 0 bridgehead atoms. The van der Waals surface area contributed by atoms with Crippen LogP contribution in [0.5, 0.6) is 0 Å².